The maximum Gasteiger partial charge on any atom is 0.253 e. The van der Waals surface area contributed by atoms with E-state index in [1.807, 2.05) is 24.3 Å². The Kier molecular flexibility index (Phi) is 5.08. The van der Waals surface area contributed by atoms with Crippen molar-refractivity contribution in [1.29, 1.82) is 0 Å². The second-order valence-corrected chi connectivity index (χ2v) is 6.09. The van der Waals surface area contributed by atoms with Gasteiger partial charge in [0.25, 0.3) is 5.56 Å². The molecule has 130 valence electrons. The quantitative estimate of drug-likeness (QED) is 0.707. The van der Waals surface area contributed by atoms with E-state index in [9.17, 15) is 4.79 Å². The first-order chi connectivity index (χ1) is 12.2. The number of anilines is 1. The van der Waals surface area contributed by atoms with Crippen LogP contribution in [0, 0.1) is 0 Å². The number of methoxy groups -OCH3 is 1. The monoisotopic (exact) mass is 336 g/mol. The molecule has 0 saturated heterocycles. The van der Waals surface area contributed by atoms with Crippen molar-refractivity contribution in [3.8, 4) is 5.75 Å². The molecule has 0 amide bonds. The molecule has 0 fully saturated rings. The summed E-state index contributed by atoms with van der Waals surface area (Å²) in [7, 11) is 1.64. The van der Waals surface area contributed by atoms with Crippen LogP contribution in [-0.2, 0) is 19.4 Å². The van der Waals surface area contributed by atoms with Crippen molar-refractivity contribution in [3.05, 3.63) is 69.5 Å². The highest BCUT2D eigenvalue weighted by Crippen LogP contribution is 2.24. The zero-order chi connectivity index (χ0) is 17.8. The van der Waals surface area contributed by atoms with Crippen LogP contribution >= 0.6 is 0 Å². The number of ether oxygens (including phenoxy) is 1. The average molecular weight is 336 g/mol. The number of H-pyrrole nitrogens is 1. The number of nitrogens with one attached hydrogen (secondary N) is 2. The lowest BCUT2D eigenvalue weighted by Crippen LogP contribution is -2.16. The van der Waals surface area contributed by atoms with Crippen molar-refractivity contribution in [2.75, 3.05) is 12.4 Å². The molecule has 0 atom stereocenters. The van der Waals surface area contributed by atoms with E-state index in [4.69, 9.17) is 4.74 Å². The van der Waals surface area contributed by atoms with Crippen LogP contribution in [0.3, 0.4) is 0 Å². The summed E-state index contributed by atoms with van der Waals surface area (Å²) in [5.74, 6) is 0.781. The minimum atomic E-state index is -0.0582. The van der Waals surface area contributed by atoms with Gasteiger partial charge in [-0.2, -0.15) is 0 Å². The van der Waals surface area contributed by atoms with Gasteiger partial charge in [0.15, 0.2) is 0 Å². The molecule has 0 radical (unpaired) electrons. The van der Waals surface area contributed by atoms with Crippen LogP contribution in [0.1, 0.15) is 30.5 Å². The summed E-state index contributed by atoms with van der Waals surface area (Å²) in [6, 6.07) is 14.0. The van der Waals surface area contributed by atoms with Gasteiger partial charge < -0.3 is 15.0 Å². The first-order valence-corrected chi connectivity index (χ1v) is 8.70. The van der Waals surface area contributed by atoms with Gasteiger partial charge >= 0.3 is 0 Å². The van der Waals surface area contributed by atoms with Crippen LogP contribution in [0.5, 0.6) is 5.75 Å². The molecule has 3 aromatic rings. The lowest BCUT2D eigenvalue weighted by molar-refractivity contribution is 0.415. The van der Waals surface area contributed by atoms with Gasteiger partial charge in [0, 0.05) is 28.7 Å². The highest BCUT2D eigenvalue weighted by molar-refractivity contribution is 5.80. The van der Waals surface area contributed by atoms with E-state index >= 15 is 0 Å². The second-order valence-electron chi connectivity index (χ2n) is 6.09. The lowest BCUT2D eigenvalue weighted by atomic mass is 10.0. The van der Waals surface area contributed by atoms with Crippen LogP contribution in [0.25, 0.3) is 10.9 Å². The zero-order valence-corrected chi connectivity index (χ0v) is 15.0. The van der Waals surface area contributed by atoms with E-state index in [0.29, 0.717) is 12.1 Å². The molecule has 0 spiro atoms. The molecule has 25 heavy (non-hydrogen) atoms. The Morgan fingerprint density at radius 2 is 1.72 bits per heavy atom. The number of rotatable bonds is 6. The summed E-state index contributed by atoms with van der Waals surface area (Å²) in [6.45, 7) is 4.79. The molecule has 0 aliphatic carbocycles. The Labute approximate surface area is 147 Å². The van der Waals surface area contributed by atoms with Gasteiger partial charge in [-0.3, -0.25) is 4.79 Å². The van der Waals surface area contributed by atoms with Gasteiger partial charge in [0.1, 0.15) is 5.75 Å². The minimum absolute atomic E-state index is 0.0582. The lowest BCUT2D eigenvalue weighted by Gasteiger charge is -2.15. The highest BCUT2D eigenvalue weighted by atomic mass is 16.5. The molecule has 0 saturated carbocycles. The van der Waals surface area contributed by atoms with Crippen molar-refractivity contribution in [2.24, 2.45) is 0 Å². The number of pyridine rings is 1. The molecular formula is C21H24N2O2. The predicted octanol–water partition coefficient (Wildman–Crippen LogP) is 4.27. The summed E-state index contributed by atoms with van der Waals surface area (Å²) in [4.78, 5) is 15.3. The summed E-state index contributed by atoms with van der Waals surface area (Å²) in [6.07, 6.45) is 1.92. The third-order valence-corrected chi connectivity index (χ3v) is 4.58. The third-order valence-electron chi connectivity index (χ3n) is 4.58. The number of fused-ring (bicyclic) bond motifs is 1. The number of hydrogen-bond acceptors (Lipinski definition) is 3. The van der Waals surface area contributed by atoms with E-state index in [0.717, 1.165) is 35.2 Å². The Morgan fingerprint density at radius 1 is 1.00 bits per heavy atom. The van der Waals surface area contributed by atoms with Crippen molar-refractivity contribution in [3.63, 3.8) is 0 Å². The van der Waals surface area contributed by atoms with Gasteiger partial charge in [-0.15, -0.1) is 0 Å². The number of hydrogen-bond donors (Lipinski definition) is 2. The van der Waals surface area contributed by atoms with Gasteiger partial charge in [0.05, 0.1) is 7.11 Å². The molecule has 1 aromatic heterocycles. The summed E-state index contributed by atoms with van der Waals surface area (Å²) in [5, 5.41) is 4.45. The van der Waals surface area contributed by atoms with E-state index in [1.165, 1.54) is 11.1 Å². The predicted molar refractivity (Wildman–Crippen MR) is 104 cm³/mol. The van der Waals surface area contributed by atoms with Gasteiger partial charge in [-0.25, -0.2) is 0 Å². The van der Waals surface area contributed by atoms with Gasteiger partial charge in [-0.05, 0) is 48.2 Å². The van der Waals surface area contributed by atoms with E-state index in [2.05, 4.69) is 42.3 Å². The molecule has 2 N–H and O–H groups in total. The molecule has 0 aliphatic heterocycles. The number of aryl methyl sites for hydroxylation is 2. The zero-order valence-electron chi connectivity index (χ0n) is 15.0. The molecule has 2 aromatic carbocycles. The Bertz CT molecular complexity index is 922. The first-order valence-electron chi connectivity index (χ1n) is 8.70. The molecule has 4 nitrogen and oxygen atoms in total. The Hall–Kier alpha value is -2.75. The largest absolute Gasteiger partial charge is 0.497 e. The highest BCUT2D eigenvalue weighted by Gasteiger charge is 2.08. The van der Waals surface area contributed by atoms with Crippen molar-refractivity contribution < 1.29 is 4.74 Å². The van der Waals surface area contributed by atoms with Gasteiger partial charge in [-0.1, -0.05) is 32.0 Å². The van der Waals surface area contributed by atoms with Crippen LogP contribution in [0.4, 0.5) is 5.69 Å². The molecule has 0 aliphatic rings. The molecule has 0 unspecified atom stereocenters. The van der Waals surface area contributed by atoms with Crippen molar-refractivity contribution in [2.45, 2.75) is 33.2 Å². The number of aromatic nitrogens is 1. The molecule has 1 heterocycles. The summed E-state index contributed by atoms with van der Waals surface area (Å²) < 4.78 is 5.27. The second kappa shape index (κ2) is 7.43. The molecule has 4 heteroatoms. The first kappa shape index (κ1) is 17.1. The maximum atomic E-state index is 12.4. The van der Waals surface area contributed by atoms with Crippen LogP contribution < -0.4 is 15.6 Å². The summed E-state index contributed by atoms with van der Waals surface area (Å²) >= 11 is 0. The number of para-hydroxylation sites is 1. The average Bonchev–Trinajstić information content (AvgIpc) is 2.65. The number of benzene rings is 2. The van der Waals surface area contributed by atoms with Crippen LogP contribution in [0.15, 0.2) is 47.3 Å². The third kappa shape index (κ3) is 3.53. The van der Waals surface area contributed by atoms with E-state index in [1.54, 1.807) is 7.11 Å². The standard InChI is InChI=1S/C21H24N2O2/c1-4-14-7-6-8-15(5-2)20(14)22-13-17-11-16-12-18(25-3)9-10-19(16)23-21(17)24/h6-12,22H,4-5,13H2,1-3H3,(H,23,24). The fourth-order valence-corrected chi connectivity index (χ4v) is 3.14. The molecular weight excluding hydrogens is 312 g/mol. The fraction of sp³-hybridized carbons (Fsp3) is 0.286. The Balaban J connectivity index is 1.93. The van der Waals surface area contributed by atoms with Crippen LogP contribution in [-0.4, -0.2) is 12.1 Å². The minimum Gasteiger partial charge on any atom is -0.497 e. The van der Waals surface area contributed by atoms with Crippen LogP contribution in [0.2, 0.25) is 0 Å². The SMILES string of the molecule is CCc1cccc(CC)c1NCc1cc2cc(OC)ccc2[nH]c1=O. The van der Waals surface area contributed by atoms with Gasteiger partial charge in [0.2, 0.25) is 0 Å². The number of aromatic amines is 1. The Morgan fingerprint density at radius 3 is 2.36 bits per heavy atom. The topological polar surface area (TPSA) is 54.1 Å². The van der Waals surface area contributed by atoms with E-state index in [-0.39, 0.29) is 5.56 Å². The van der Waals surface area contributed by atoms with Crippen molar-refractivity contribution >= 4 is 16.6 Å². The fourth-order valence-electron chi connectivity index (χ4n) is 3.14. The summed E-state index contributed by atoms with van der Waals surface area (Å²) in [5.41, 5.74) is 5.18. The maximum absolute atomic E-state index is 12.4. The van der Waals surface area contributed by atoms with Crippen molar-refractivity contribution in [1.82, 2.24) is 4.98 Å². The molecule has 0 bridgehead atoms. The van der Waals surface area contributed by atoms with E-state index < -0.39 is 0 Å². The smallest absolute Gasteiger partial charge is 0.253 e. The molecule has 3 rings (SSSR count). The normalized spacial score (nSPS) is 10.8.